The van der Waals surface area contributed by atoms with Crippen molar-refractivity contribution in [2.24, 2.45) is 0 Å². The molecule has 0 aromatic heterocycles. The summed E-state index contributed by atoms with van der Waals surface area (Å²) in [6.07, 6.45) is 2.49. The molecule has 1 unspecified atom stereocenters. The molecule has 0 N–H and O–H groups in total. The van der Waals surface area contributed by atoms with Crippen LogP contribution in [0.5, 0.6) is 11.5 Å². The van der Waals surface area contributed by atoms with E-state index >= 15 is 0 Å². The molecule has 7 heteroatoms. The first kappa shape index (κ1) is 39.9. The van der Waals surface area contributed by atoms with Gasteiger partial charge < -0.3 is 23.8 Å². The van der Waals surface area contributed by atoms with E-state index < -0.39 is 11.6 Å². The second kappa shape index (κ2) is 17.6. The average Bonchev–Trinajstić information content (AvgIpc) is 3.27. The molecule has 0 aliphatic heterocycles. The van der Waals surface area contributed by atoms with Gasteiger partial charge in [0.05, 0.1) is 26.0 Å². The number of carbonyl (C=O) groups is 2. The van der Waals surface area contributed by atoms with Gasteiger partial charge in [-0.05, 0) is 138 Å². The summed E-state index contributed by atoms with van der Waals surface area (Å²) in [6.45, 7) is 6.41. The minimum Gasteiger partial charge on any atom is -0.497 e. The van der Waals surface area contributed by atoms with Crippen molar-refractivity contribution in [3.8, 4) is 11.5 Å². The predicted octanol–water partition coefficient (Wildman–Crippen LogP) is 13.4. The molecule has 8 rings (SSSR count). The monoisotopic (exact) mass is 795 g/mol. The van der Waals surface area contributed by atoms with Crippen LogP contribution in [0.3, 0.4) is 0 Å². The molecule has 0 saturated carbocycles. The number of methoxy groups -OCH3 is 1. The van der Waals surface area contributed by atoms with E-state index in [2.05, 4.69) is 134 Å². The van der Waals surface area contributed by atoms with Gasteiger partial charge in [0, 0.05) is 29.1 Å². The van der Waals surface area contributed by atoms with Gasteiger partial charge in [0.1, 0.15) is 11.5 Å². The van der Waals surface area contributed by atoms with Gasteiger partial charge >= 0.3 is 12.1 Å². The van der Waals surface area contributed by atoms with E-state index in [1.807, 2.05) is 36.4 Å². The minimum absolute atomic E-state index is 0.258. The number of benzene rings is 8. The first-order valence-corrected chi connectivity index (χ1v) is 20.6. The highest BCUT2D eigenvalue weighted by atomic mass is 16.7. The van der Waals surface area contributed by atoms with Crippen LogP contribution in [0.4, 0.5) is 21.9 Å². The summed E-state index contributed by atoms with van der Waals surface area (Å²) in [6, 6.07) is 53.4. The summed E-state index contributed by atoms with van der Waals surface area (Å²) < 4.78 is 21.4. The lowest BCUT2D eigenvalue weighted by Gasteiger charge is -2.33. The quantitative estimate of drug-likeness (QED) is 0.0336. The Morgan fingerprint density at radius 2 is 1.05 bits per heavy atom. The first-order valence-electron chi connectivity index (χ1n) is 20.6. The second-order valence-corrected chi connectivity index (χ2v) is 15.5. The van der Waals surface area contributed by atoms with E-state index in [1.54, 1.807) is 7.11 Å². The largest absolute Gasteiger partial charge is 0.513 e. The van der Waals surface area contributed by atoms with Gasteiger partial charge in [-0.2, -0.15) is 0 Å². The number of anilines is 3. The maximum atomic E-state index is 12.6. The summed E-state index contributed by atoms with van der Waals surface area (Å²) in [5.74, 6) is 0.911. The molecule has 0 heterocycles. The number of hydrogen-bond donors (Lipinski definition) is 0. The summed E-state index contributed by atoms with van der Waals surface area (Å²) in [7, 11) is 1.67. The Morgan fingerprint density at radius 1 is 0.550 bits per heavy atom. The topological polar surface area (TPSA) is 74.3 Å². The standard InChI is InChI=1S/C53H49NO6/c1-36-12-24-44(25-13-36)54(49-33-17-40-15-14-38-10-9-11-39-16-32-48(49)51(40)50(38)39)45-26-18-41(19-27-45)53(3,42-20-28-46(57-4)29-21-42)43-22-30-47(31-23-43)60-52(56)59-35-8-6-5-7-34-58-37(2)55/h9-33H,5-8,34-35H2,1-4H3. The lowest BCUT2D eigenvalue weighted by atomic mass is 9.71. The Bertz CT molecular complexity index is 2710. The maximum Gasteiger partial charge on any atom is 0.513 e. The van der Waals surface area contributed by atoms with Crippen LogP contribution in [-0.2, 0) is 19.7 Å². The van der Waals surface area contributed by atoms with Crippen molar-refractivity contribution < 1.29 is 28.5 Å². The maximum absolute atomic E-state index is 12.6. The van der Waals surface area contributed by atoms with Crippen LogP contribution in [0.15, 0.2) is 152 Å². The van der Waals surface area contributed by atoms with Gasteiger partial charge in [0.2, 0.25) is 0 Å². The fraction of sp³-hybridized carbons (Fsp3) is 0.208. The highest BCUT2D eigenvalue weighted by molar-refractivity contribution is 6.25. The van der Waals surface area contributed by atoms with Crippen molar-refractivity contribution in [3.63, 3.8) is 0 Å². The van der Waals surface area contributed by atoms with E-state index in [-0.39, 0.29) is 12.6 Å². The molecular weight excluding hydrogens is 747 g/mol. The van der Waals surface area contributed by atoms with E-state index in [9.17, 15) is 9.59 Å². The van der Waals surface area contributed by atoms with E-state index in [0.29, 0.717) is 18.8 Å². The highest BCUT2D eigenvalue weighted by Crippen LogP contribution is 2.45. The van der Waals surface area contributed by atoms with Crippen molar-refractivity contribution in [2.45, 2.75) is 51.9 Å². The van der Waals surface area contributed by atoms with Crippen LogP contribution < -0.4 is 14.4 Å². The van der Waals surface area contributed by atoms with Gasteiger partial charge in [0.15, 0.2) is 0 Å². The van der Waals surface area contributed by atoms with Gasteiger partial charge in [0.25, 0.3) is 0 Å². The van der Waals surface area contributed by atoms with Crippen LogP contribution in [0, 0.1) is 6.92 Å². The van der Waals surface area contributed by atoms with Crippen LogP contribution in [0.25, 0.3) is 32.3 Å². The van der Waals surface area contributed by atoms with Crippen molar-refractivity contribution in [2.75, 3.05) is 25.2 Å². The number of rotatable bonds is 15. The Balaban J connectivity index is 1.09. The Hall–Kier alpha value is -6.86. The zero-order valence-corrected chi connectivity index (χ0v) is 34.6. The summed E-state index contributed by atoms with van der Waals surface area (Å²) in [5.41, 5.74) is 7.05. The van der Waals surface area contributed by atoms with Crippen LogP contribution in [0.2, 0.25) is 0 Å². The molecular formula is C53H49NO6. The molecule has 302 valence electrons. The number of unbranched alkanes of at least 4 members (excludes halogenated alkanes) is 3. The molecule has 0 saturated heterocycles. The Labute approximate surface area is 351 Å². The second-order valence-electron chi connectivity index (χ2n) is 15.5. The summed E-state index contributed by atoms with van der Waals surface area (Å²) in [5, 5.41) is 7.46. The van der Waals surface area contributed by atoms with Gasteiger partial charge in [-0.1, -0.05) is 103 Å². The SMILES string of the molecule is COc1ccc(C(C)(c2ccc(OC(=O)OCCCCCCOC(C)=O)cc2)c2ccc(N(c3ccc(C)cc3)c3ccc4ccc5cccc6ccc3c4c56)cc2)cc1. The summed E-state index contributed by atoms with van der Waals surface area (Å²) in [4.78, 5) is 25.8. The molecule has 0 spiro atoms. The van der Waals surface area contributed by atoms with Crippen molar-refractivity contribution in [3.05, 3.63) is 174 Å². The molecule has 0 radical (unpaired) electrons. The zero-order valence-electron chi connectivity index (χ0n) is 34.6. The zero-order chi connectivity index (χ0) is 41.6. The number of carbonyl (C=O) groups excluding carboxylic acids is 2. The van der Waals surface area contributed by atoms with Crippen LogP contribution in [-0.4, -0.2) is 32.4 Å². The number of hydrogen-bond acceptors (Lipinski definition) is 7. The van der Waals surface area contributed by atoms with E-state index in [1.165, 1.54) is 44.8 Å². The average molecular weight is 796 g/mol. The number of esters is 1. The van der Waals surface area contributed by atoms with Crippen molar-refractivity contribution >= 4 is 61.5 Å². The number of nitrogens with zero attached hydrogens (tertiary/aromatic N) is 1. The molecule has 1 atom stereocenters. The molecule has 0 aliphatic rings. The predicted molar refractivity (Wildman–Crippen MR) is 242 cm³/mol. The number of ether oxygens (including phenoxy) is 4. The third-order valence-corrected chi connectivity index (χ3v) is 11.6. The number of aryl methyl sites for hydroxylation is 1. The Kier molecular flexibility index (Phi) is 11.7. The Morgan fingerprint density at radius 3 is 1.63 bits per heavy atom. The molecule has 0 aliphatic carbocycles. The van der Waals surface area contributed by atoms with Crippen molar-refractivity contribution in [1.29, 1.82) is 0 Å². The fourth-order valence-electron chi connectivity index (χ4n) is 8.32. The first-order chi connectivity index (χ1) is 29.2. The van der Waals surface area contributed by atoms with E-state index in [0.717, 1.165) is 58.8 Å². The van der Waals surface area contributed by atoms with Crippen LogP contribution >= 0.6 is 0 Å². The molecule has 7 nitrogen and oxygen atoms in total. The van der Waals surface area contributed by atoms with Crippen LogP contribution in [0.1, 0.15) is 61.8 Å². The third kappa shape index (κ3) is 8.21. The smallest absolute Gasteiger partial charge is 0.497 e. The normalized spacial score (nSPS) is 12.3. The molecule has 0 amide bonds. The van der Waals surface area contributed by atoms with Gasteiger partial charge in [-0.3, -0.25) is 4.79 Å². The van der Waals surface area contributed by atoms with Crippen molar-refractivity contribution in [1.82, 2.24) is 0 Å². The molecule has 0 fully saturated rings. The minimum atomic E-state index is -0.737. The molecule has 8 aromatic rings. The third-order valence-electron chi connectivity index (χ3n) is 11.6. The molecule has 60 heavy (non-hydrogen) atoms. The van der Waals surface area contributed by atoms with E-state index in [4.69, 9.17) is 18.9 Å². The fourth-order valence-corrected chi connectivity index (χ4v) is 8.32. The van der Waals surface area contributed by atoms with Gasteiger partial charge in [-0.15, -0.1) is 0 Å². The highest BCUT2D eigenvalue weighted by Gasteiger charge is 2.32. The molecule has 0 bridgehead atoms. The van der Waals surface area contributed by atoms with Gasteiger partial charge in [-0.25, -0.2) is 4.79 Å². The molecule has 8 aromatic carbocycles. The summed E-state index contributed by atoms with van der Waals surface area (Å²) >= 11 is 0. The lowest BCUT2D eigenvalue weighted by molar-refractivity contribution is -0.141. The lowest BCUT2D eigenvalue weighted by Crippen LogP contribution is -2.25.